The first-order chi connectivity index (χ1) is 11.4. The molecule has 0 aliphatic carbocycles. The lowest BCUT2D eigenvalue weighted by atomic mass is 9.98. The zero-order valence-electron chi connectivity index (χ0n) is 12.9. The normalized spacial score (nSPS) is 10.5. The minimum atomic E-state index is 0. The number of rotatable bonds is 4. The molecule has 0 unspecified atom stereocenters. The van der Waals surface area contributed by atoms with Gasteiger partial charge in [0.25, 0.3) is 0 Å². The van der Waals surface area contributed by atoms with Crippen molar-refractivity contribution >= 4 is 29.3 Å². The summed E-state index contributed by atoms with van der Waals surface area (Å²) >= 11 is 0. The van der Waals surface area contributed by atoms with Crippen LogP contribution in [0, 0.1) is 0 Å². The molecule has 0 saturated heterocycles. The molecule has 0 atom stereocenters. The van der Waals surface area contributed by atoms with Gasteiger partial charge in [-0.25, -0.2) is 9.97 Å². The number of nitrogens with zero attached hydrogens (tertiary/aromatic N) is 2. The number of hydrogen-bond acceptors (Lipinski definition) is 3. The van der Waals surface area contributed by atoms with Gasteiger partial charge >= 0.3 is 0 Å². The predicted molar refractivity (Wildman–Crippen MR) is 99.5 cm³/mol. The van der Waals surface area contributed by atoms with Crippen molar-refractivity contribution in [1.82, 2.24) is 15.0 Å². The first-order valence-electron chi connectivity index (χ1n) is 7.56. The van der Waals surface area contributed by atoms with Gasteiger partial charge in [-0.3, -0.25) is 0 Å². The molecular weight excluding hydrogens is 320 g/mol. The van der Waals surface area contributed by atoms with Crippen LogP contribution in [0.4, 0.5) is 5.69 Å². The predicted octanol–water partition coefficient (Wildman–Crippen LogP) is 4.58. The van der Waals surface area contributed by atoms with E-state index in [2.05, 4.69) is 68.8 Å². The summed E-state index contributed by atoms with van der Waals surface area (Å²) in [6, 6.07) is 22.9. The van der Waals surface area contributed by atoms with Crippen LogP contribution in [0.1, 0.15) is 17.2 Å². The van der Waals surface area contributed by atoms with Gasteiger partial charge in [-0.05, 0) is 17.2 Å². The molecule has 4 aromatic rings. The van der Waals surface area contributed by atoms with Crippen LogP contribution in [-0.2, 0) is 0 Å². The fourth-order valence-electron chi connectivity index (χ4n) is 2.77. The number of halogens is 1. The number of imidazole rings is 1. The molecule has 120 valence electrons. The molecule has 5 heteroatoms. The number of aromatic nitrogens is 3. The Labute approximate surface area is 146 Å². The first kappa shape index (κ1) is 16.0. The number of pyridine rings is 1. The number of anilines is 1. The number of aromatic amines is 1. The fourth-order valence-corrected chi connectivity index (χ4v) is 2.77. The second-order valence-electron chi connectivity index (χ2n) is 5.36. The van der Waals surface area contributed by atoms with Crippen molar-refractivity contribution in [3.63, 3.8) is 0 Å². The van der Waals surface area contributed by atoms with Crippen LogP contribution in [-0.4, -0.2) is 15.0 Å². The van der Waals surface area contributed by atoms with Gasteiger partial charge in [-0.15, -0.1) is 12.4 Å². The van der Waals surface area contributed by atoms with E-state index in [0.717, 1.165) is 16.9 Å². The molecule has 0 aliphatic heterocycles. The molecule has 24 heavy (non-hydrogen) atoms. The Hall–Kier alpha value is -2.85. The molecule has 4 rings (SSSR count). The highest BCUT2D eigenvalue weighted by Gasteiger charge is 2.15. The van der Waals surface area contributed by atoms with Gasteiger partial charge in [0, 0.05) is 6.20 Å². The quantitative estimate of drug-likeness (QED) is 0.573. The number of fused-ring (bicyclic) bond motifs is 1. The Morgan fingerprint density at radius 2 is 1.42 bits per heavy atom. The van der Waals surface area contributed by atoms with Gasteiger partial charge in [0.15, 0.2) is 5.65 Å². The SMILES string of the molecule is Cl.c1ccc(C(Nc2ccnc3nc[nH]c23)c2ccccc2)cc1. The highest BCUT2D eigenvalue weighted by molar-refractivity contribution is 5.85. The average Bonchev–Trinajstić information content (AvgIpc) is 3.11. The molecule has 0 bridgehead atoms. The van der Waals surface area contributed by atoms with Gasteiger partial charge < -0.3 is 10.3 Å². The molecular formula is C19H17ClN4. The topological polar surface area (TPSA) is 53.6 Å². The number of H-pyrrole nitrogens is 1. The lowest BCUT2D eigenvalue weighted by molar-refractivity contribution is 0.940. The van der Waals surface area contributed by atoms with Crippen LogP contribution in [0.5, 0.6) is 0 Å². The molecule has 0 saturated carbocycles. The van der Waals surface area contributed by atoms with E-state index in [4.69, 9.17) is 0 Å². The van der Waals surface area contributed by atoms with Gasteiger partial charge in [0.05, 0.1) is 18.1 Å². The van der Waals surface area contributed by atoms with Crippen LogP contribution in [0.25, 0.3) is 11.2 Å². The Morgan fingerprint density at radius 3 is 2.04 bits per heavy atom. The number of nitrogens with one attached hydrogen (secondary N) is 2. The Bertz CT molecular complexity index is 867. The molecule has 0 radical (unpaired) electrons. The summed E-state index contributed by atoms with van der Waals surface area (Å²) in [6.45, 7) is 0. The number of hydrogen-bond donors (Lipinski definition) is 2. The van der Waals surface area contributed by atoms with Crippen LogP contribution in [0.2, 0.25) is 0 Å². The monoisotopic (exact) mass is 336 g/mol. The lowest BCUT2D eigenvalue weighted by Gasteiger charge is -2.21. The van der Waals surface area contributed by atoms with E-state index in [9.17, 15) is 0 Å². The molecule has 0 spiro atoms. The maximum atomic E-state index is 4.27. The largest absolute Gasteiger partial charge is 0.372 e. The molecule has 2 heterocycles. The van der Waals surface area contributed by atoms with Crippen molar-refractivity contribution < 1.29 is 0 Å². The highest BCUT2D eigenvalue weighted by Crippen LogP contribution is 2.28. The third-order valence-electron chi connectivity index (χ3n) is 3.89. The van der Waals surface area contributed by atoms with Crippen LogP contribution < -0.4 is 5.32 Å². The number of benzene rings is 2. The molecule has 4 nitrogen and oxygen atoms in total. The lowest BCUT2D eigenvalue weighted by Crippen LogP contribution is -2.12. The average molecular weight is 337 g/mol. The van der Waals surface area contributed by atoms with E-state index in [1.807, 2.05) is 18.2 Å². The third kappa shape index (κ3) is 3.09. The Balaban J connectivity index is 0.00000169. The zero-order chi connectivity index (χ0) is 15.5. The third-order valence-corrected chi connectivity index (χ3v) is 3.89. The summed E-state index contributed by atoms with van der Waals surface area (Å²) < 4.78 is 0. The van der Waals surface area contributed by atoms with Crippen LogP contribution >= 0.6 is 12.4 Å². The molecule has 2 aromatic heterocycles. The standard InChI is InChI=1S/C19H16N4.ClH/c1-3-7-14(8-4-1)17(15-9-5-2-6-10-15)23-16-11-12-20-19-18(16)21-13-22-19;/h1-13,17H,(H2,20,21,22,23);1H. The summed E-state index contributed by atoms with van der Waals surface area (Å²) in [6.07, 6.45) is 3.45. The summed E-state index contributed by atoms with van der Waals surface area (Å²) in [5.41, 5.74) is 5.05. The van der Waals surface area contributed by atoms with Crippen molar-refractivity contribution in [2.45, 2.75) is 6.04 Å². The molecule has 0 fully saturated rings. The minimum absolute atomic E-state index is 0. The summed E-state index contributed by atoms with van der Waals surface area (Å²) in [5, 5.41) is 3.63. The Morgan fingerprint density at radius 1 is 0.792 bits per heavy atom. The van der Waals surface area contributed by atoms with E-state index in [1.165, 1.54) is 11.1 Å². The van der Waals surface area contributed by atoms with Crippen LogP contribution in [0.3, 0.4) is 0 Å². The van der Waals surface area contributed by atoms with Gasteiger partial charge in [0.1, 0.15) is 5.52 Å². The maximum Gasteiger partial charge on any atom is 0.179 e. The van der Waals surface area contributed by atoms with Gasteiger partial charge in [-0.1, -0.05) is 60.7 Å². The fraction of sp³-hybridized carbons (Fsp3) is 0.0526. The smallest absolute Gasteiger partial charge is 0.179 e. The first-order valence-corrected chi connectivity index (χ1v) is 7.56. The minimum Gasteiger partial charge on any atom is -0.372 e. The second kappa shape index (κ2) is 7.15. The van der Waals surface area contributed by atoms with Crippen LogP contribution in [0.15, 0.2) is 79.3 Å². The van der Waals surface area contributed by atoms with Crippen molar-refractivity contribution in [1.29, 1.82) is 0 Å². The van der Waals surface area contributed by atoms with E-state index in [0.29, 0.717) is 0 Å². The van der Waals surface area contributed by atoms with E-state index >= 15 is 0 Å². The molecule has 2 aromatic carbocycles. The Kier molecular flexibility index (Phi) is 4.77. The van der Waals surface area contributed by atoms with E-state index in [-0.39, 0.29) is 18.4 Å². The zero-order valence-corrected chi connectivity index (χ0v) is 13.7. The summed E-state index contributed by atoms with van der Waals surface area (Å²) in [5.74, 6) is 0. The molecule has 0 aliphatic rings. The van der Waals surface area contributed by atoms with E-state index < -0.39 is 0 Å². The van der Waals surface area contributed by atoms with Crippen molar-refractivity contribution in [2.75, 3.05) is 5.32 Å². The van der Waals surface area contributed by atoms with Crippen molar-refractivity contribution in [3.8, 4) is 0 Å². The maximum absolute atomic E-state index is 4.27. The van der Waals surface area contributed by atoms with Crippen molar-refractivity contribution in [2.24, 2.45) is 0 Å². The highest BCUT2D eigenvalue weighted by atomic mass is 35.5. The summed E-state index contributed by atoms with van der Waals surface area (Å²) in [4.78, 5) is 11.7. The van der Waals surface area contributed by atoms with Crippen molar-refractivity contribution in [3.05, 3.63) is 90.4 Å². The molecule has 2 N–H and O–H groups in total. The van der Waals surface area contributed by atoms with Gasteiger partial charge in [0.2, 0.25) is 0 Å². The molecule has 0 amide bonds. The summed E-state index contributed by atoms with van der Waals surface area (Å²) in [7, 11) is 0. The van der Waals surface area contributed by atoms with E-state index in [1.54, 1.807) is 12.5 Å². The second-order valence-corrected chi connectivity index (χ2v) is 5.36. The van der Waals surface area contributed by atoms with Gasteiger partial charge in [-0.2, -0.15) is 0 Å².